The number of rotatable bonds is 7. The Morgan fingerprint density at radius 2 is 1.80 bits per heavy atom. The number of hydrogen-bond donors (Lipinski definition) is 1. The van der Waals surface area contributed by atoms with Crippen LogP contribution in [-0.2, 0) is 16.4 Å². The van der Waals surface area contributed by atoms with Gasteiger partial charge in [0.1, 0.15) is 5.75 Å². The van der Waals surface area contributed by atoms with Gasteiger partial charge in [-0.1, -0.05) is 18.2 Å². The molecule has 0 unspecified atom stereocenters. The van der Waals surface area contributed by atoms with Gasteiger partial charge in [-0.15, -0.1) is 11.3 Å². The molecule has 7 heteroatoms. The Balaban J connectivity index is 1.60. The molecule has 0 fully saturated rings. The predicted octanol–water partition coefficient (Wildman–Crippen LogP) is 3.34. The number of nitrogens with zero attached hydrogens (tertiary/aromatic N) is 1. The van der Waals surface area contributed by atoms with Crippen molar-refractivity contribution in [3.05, 3.63) is 65.0 Å². The fourth-order valence-electron chi connectivity index (χ4n) is 2.30. The highest BCUT2D eigenvalue weighted by Crippen LogP contribution is 2.24. The second-order valence-corrected chi connectivity index (χ2v) is 8.03. The van der Waals surface area contributed by atoms with Gasteiger partial charge in [0.15, 0.2) is 0 Å². The van der Waals surface area contributed by atoms with Crippen molar-refractivity contribution >= 4 is 21.4 Å². The lowest BCUT2D eigenvalue weighted by Crippen LogP contribution is -2.25. The Labute approximate surface area is 151 Å². The Kier molecular flexibility index (Phi) is 5.47. The van der Waals surface area contributed by atoms with E-state index in [1.165, 1.54) is 11.3 Å². The zero-order valence-electron chi connectivity index (χ0n) is 13.7. The highest BCUT2D eigenvalue weighted by molar-refractivity contribution is 7.89. The van der Waals surface area contributed by atoms with Gasteiger partial charge in [-0.05, 0) is 36.4 Å². The lowest BCUT2D eigenvalue weighted by atomic mass is 10.2. The Bertz CT molecular complexity index is 920. The van der Waals surface area contributed by atoms with Crippen LogP contribution < -0.4 is 9.46 Å². The maximum absolute atomic E-state index is 12.2. The summed E-state index contributed by atoms with van der Waals surface area (Å²) in [5.74, 6) is 0.800. The van der Waals surface area contributed by atoms with Gasteiger partial charge in [-0.2, -0.15) is 0 Å². The maximum atomic E-state index is 12.2. The fraction of sp³-hybridized carbons (Fsp3) is 0.167. The third kappa shape index (κ3) is 4.45. The van der Waals surface area contributed by atoms with E-state index in [4.69, 9.17) is 4.74 Å². The summed E-state index contributed by atoms with van der Waals surface area (Å²) in [7, 11) is -1.84. The lowest BCUT2D eigenvalue weighted by molar-refractivity contribution is 0.415. The first-order chi connectivity index (χ1) is 12.1. The largest absolute Gasteiger partial charge is 0.497 e. The van der Waals surface area contributed by atoms with Gasteiger partial charge in [-0.25, -0.2) is 18.1 Å². The molecule has 3 rings (SSSR count). The molecule has 5 nitrogen and oxygen atoms in total. The minimum atomic E-state index is -3.47. The second-order valence-electron chi connectivity index (χ2n) is 5.32. The summed E-state index contributed by atoms with van der Waals surface area (Å²) in [4.78, 5) is 4.84. The van der Waals surface area contributed by atoms with E-state index in [1.807, 2.05) is 29.6 Å². The topological polar surface area (TPSA) is 68.3 Å². The van der Waals surface area contributed by atoms with Crippen LogP contribution in [0.3, 0.4) is 0 Å². The average molecular weight is 374 g/mol. The predicted molar refractivity (Wildman–Crippen MR) is 99.4 cm³/mol. The van der Waals surface area contributed by atoms with Crippen LogP contribution in [0.25, 0.3) is 11.3 Å². The third-order valence-electron chi connectivity index (χ3n) is 3.62. The number of benzene rings is 2. The number of hydrogen-bond acceptors (Lipinski definition) is 5. The number of aromatic nitrogens is 1. The van der Waals surface area contributed by atoms with Crippen molar-refractivity contribution in [2.45, 2.75) is 11.3 Å². The molecule has 1 N–H and O–H groups in total. The standard InChI is InChI=1S/C18H18N2O3S2/c1-23-15-9-7-14(8-10-15)17-13-24-18(20-17)11-12-19-25(21,22)16-5-3-2-4-6-16/h2-10,13,19H,11-12H2,1H3. The van der Waals surface area contributed by atoms with Gasteiger partial charge in [0.05, 0.1) is 22.7 Å². The van der Waals surface area contributed by atoms with Gasteiger partial charge in [0.2, 0.25) is 10.0 Å². The number of nitrogens with one attached hydrogen (secondary N) is 1. The van der Waals surface area contributed by atoms with Crippen LogP contribution >= 0.6 is 11.3 Å². The van der Waals surface area contributed by atoms with E-state index in [-0.39, 0.29) is 4.90 Å². The number of thiazole rings is 1. The van der Waals surface area contributed by atoms with Crippen molar-refractivity contribution in [2.24, 2.45) is 0 Å². The molecule has 0 aliphatic heterocycles. The summed E-state index contributed by atoms with van der Waals surface area (Å²) < 4.78 is 32.1. The van der Waals surface area contributed by atoms with Gasteiger partial charge >= 0.3 is 0 Å². The third-order valence-corrected chi connectivity index (χ3v) is 6.01. The van der Waals surface area contributed by atoms with E-state index in [0.29, 0.717) is 13.0 Å². The quantitative estimate of drug-likeness (QED) is 0.689. The zero-order valence-corrected chi connectivity index (χ0v) is 15.3. The molecule has 130 valence electrons. The monoisotopic (exact) mass is 374 g/mol. The van der Waals surface area contributed by atoms with Crippen molar-refractivity contribution in [2.75, 3.05) is 13.7 Å². The van der Waals surface area contributed by atoms with Crippen LogP contribution in [0.1, 0.15) is 5.01 Å². The van der Waals surface area contributed by atoms with Crippen molar-refractivity contribution < 1.29 is 13.2 Å². The molecule has 25 heavy (non-hydrogen) atoms. The van der Waals surface area contributed by atoms with E-state index < -0.39 is 10.0 Å². The molecule has 0 bridgehead atoms. The van der Waals surface area contributed by atoms with Crippen LogP contribution in [0.4, 0.5) is 0 Å². The van der Waals surface area contributed by atoms with E-state index in [1.54, 1.807) is 37.4 Å². The van der Waals surface area contributed by atoms with E-state index in [2.05, 4.69) is 9.71 Å². The minimum Gasteiger partial charge on any atom is -0.497 e. The molecule has 0 aliphatic carbocycles. The molecule has 0 atom stereocenters. The summed E-state index contributed by atoms with van der Waals surface area (Å²) in [6.07, 6.45) is 0.548. The van der Waals surface area contributed by atoms with E-state index in [9.17, 15) is 8.42 Å². The van der Waals surface area contributed by atoms with Crippen molar-refractivity contribution in [1.29, 1.82) is 0 Å². The van der Waals surface area contributed by atoms with E-state index in [0.717, 1.165) is 22.0 Å². The molecule has 0 amide bonds. The van der Waals surface area contributed by atoms with Gasteiger partial charge < -0.3 is 4.74 Å². The normalized spacial score (nSPS) is 11.4. The smallest absolute Gasteiger partial charge is 0.240 e. The molecule has 1 aromatic heterocycles. The van der Waals surface area contributed by atoms with Gasteiger partial charge in [0.25, 0.3) is 0 Å². The van der Waals surface area contributed by atoms with Crippen molar-refractivity contribution in [1.82, 2.24) is 9.71 Å². The average Bonchev–Trinajstić information content (AvgIpc) is 3.11. The molecular formula is C18H18N2O3S2. The summed E-state index contributed by atoms with van der Waals surface area (Å²) in [5.41, 5.74) is 1.89. The number of sulfonamides is 1. The molecule has 1 heterocycles. The van der Waals surface area contributed by atoms with Crippen LogP contribution in [0.15, 0.2) is 64.9 Å². The first-order valence-electron chi connectivity index (χ1n) is 7.72. The van der Waals surface area contributed by atoms with Crippen LogP contribution in [0.2, 0.25) is 0 Å². The van der Waals surface area contributed by atoms with Crippen LogP contribution in [0.5, 0.6) is 5.75 Å². The first kappa shape index (κ1) is 17.6. The molecule has 0 spiro atoms. The molecule has 0 saturated heterocycles. The molecule has 0 saturated carbocycles. The molecule has 3 aromatic rings. The first-order valence-corrected chi connectivity index (χ1v) is 10.1. The van der Waals surface area contributed by atoms with Crippen LogP contribution in [-0.4, -0.2) is 27.1 Å². The highest BCUT2D eigenvalue weighted by atomic mass is 32.2. The summed E-state index contributed by atoms with van der Waals surface area (Å²) in [6, 6.07) is 16.0. The Morgan fingerprint density at radius 3 is 2.48 bits per heavy atom. The summed E-state index contributed by atoms with van der Waals surface area (Å²) in [6.45, 7) is 0.312. The number of methoxy groups -OCH3 is 1. The Hall–Kier alpha value is -2.22. The van der Waals surface area contributed by atoms with Crippen molar-refractivity contribution in [3.8, 4) is 17.0 Å². The molecule has 2 aromatic carbocycles. The maximum Gasteiger partial charge on any atom is 0.240 e. The highest BCUT2D eigenvalue weighted by Gasteiger charge is 2.13. The van der Waals surface area contributed by atoms with Crippen molar-refractivity contribution in [3.63, 3.8) is 0 Å². The summed E-state index contributed by atoms with van der Waals surface area (Å²) >= 11 is 1.52. The minimum absolute atomic E-state index is 0.271. The molecule has 0 aliphatic rings. The zero-order chi connectivity index (χ0) is 17.7. The second kappa shape index (κ2) is 7.77. The Morgan fingerprint density at radius 1 is 1.08 bits per heavy atom. The van der Waals surface area contributed by atoms with Gasteiger partial charge in [0, 0.05) is 23.9 Å². The van der Waals surface area contributed by atoms with Crippen LogP contribution in [0, 0.1) is 0 Å². The lowest BCUT2D eigenvalue weighted by Gasteiger charge is -2.05. The fourth-order valence-corrected chi connectivity index (χ4v) is 4.16. The van der Waals surface area contributed by atoms with Gasteiger partial charge in [-0.3, -0.25) is 0 Å². The van der Waals surface area contributed by atoms with E-state index >= 15 is 0 Å². The summed E-state index contributed by atoms with van der Waals surface area (Å²) in [5, 5.41) is 2.87. The number of ether oxygens (including phenoxy) is 1. The SMILES string of the molecule is COc1ccc(-c2csc(CCNS(=O)(=O)c3ccccc3)n2)cc1. The molecular weight excluding hydrogens is 356 g/mol. The molecule has 0 radical (unpaired) electrons.